The van der Waals surface area contributed by atoms with Crippen LogP contribution in [0.5, 0.6) is 5.75 Å². The van der Waals surface area contributed by atoms with Gasteiger partial charge in [0.1, 0.15) is 0 Å². The van der Waals surface area contributed by atoms with E-state index in [0.717, 1.165) is 32.6 Å². The van der Waals surface area contributed by atoms with E-state index in [4.69, 9.17) is 9.47 Å². The van der Waals surface area contributed by atoms with Gasteiger partial charge in [-0.15, -0.1) is 0 Å². The van der Waals surface area contributed by atoms with Crippen LogP contribution in [0.3, 0.4) is 0 Å². The third-order valence-corrected chi connectivity index (χ3v) is 2.75. The quantitative estimate of drug-likeness (QED) is 0.834. The van der Waals surface area contributed by atoms with Gasteiger partial charge in [-0.1, -0.05) is 0 Å². The van der Waals surface area contributed by atoms with Crippen molar-refractivity contribution in [2.24, 2.45) is 5.92 Å². The van der Waals surface area contributed by atoms with E-state index in [-0.39, 0.29) is 0 Å². The lowest BCUT2D eigenvalue weighted by Crippen LogP contribution is -2.23. The molecule has 1 aliphatic rings. The monoisotopic (exact) mass is 223 g/mol. The lowest BCUT2D eigenvalue weighted by Gasteiger charge is -2.22. The molecule has 0 unspecified atom stereocenters. The first-order chi connectivity index (χ1) is 7.88. The van der Waals surface area contributed by atoms with Crippen molar-refractivity contribution in [3.05, 3.63) is 12.4 Å². The van der Waals surface area contributed by atoms with E-state index in [1.54, 1.807) is 19.5 Å². The highest BCUT2D eigenvalue weighted by molar-refractivity contribution is 5.26. The van der Waals surface area contributed by atoms with Crippen molar-refractivity contribution in [1.29, 1.82) is 0 Å². The minimum atomic E-state index is 0.660. The van der Waals surface area contributed by atoms with E-state index in [1.807, 2.05) is 0 Å². The molecule has 1 aliphatic heterocycles. The number of nitrogens with one attached hydrogen (secondary N) is 1. The lowest BCUT2D eigenvalue weighted by molar-refractivity contribution is 0.0699. The molecule has 5 nitrogen and oxygen atoms in total. The van der Waals surface area contributed by atoms with Crippen LogP contribution in [-0.2, 0) is 4.74 Å². The fourth-order valence-electron chi connectivity index (χ4n) is 1.70. The number of hydrogen-bond acceptors (Lipinski definition) is 5. The Hall–Kier alpha value is -1.36. The predicted molar refractivity (Wildman–Crippen MR) is 60.6 cm³/mol. The molecule has 0 spiro atoms. The zero-order valence-corrected chi connectivity index (χ0v) is 9.48. The molecule has 0 aromatic carbocycles. The van der Waals surface area contributed by atoms with Crippen molar-refractivity contribution >= 4 is 5.95 Å². The zero-order valence-electron chi connectivity index (χ0n) is 9.48. The van der Waals surface area contributed by atoms with Crippen LogP contribution in [0, 0.1) is 5.92 Å². The van der Waals surface area contributed by atoms with Crippen LogP contribution < -0.4 is 10.1 Å². The number of nitrogens with zero attached hydrogens (tertiary/aromatic N) is 2. The normalized spacial score (nSPS) is 17.1. The van der Waals surface area contributed by atoms with E-state index in [2.05, 4.69) is 15.3 Å². The Kier molecular flexibility index (Phi) is 3.93. The summed E-state index contributed by atoms with van der Waals surface area (Å²) in [5.74, 6) is 2.00. The molecule has 0 aliphatic carbocycles. The van der Waals surface area contributed by atoms with Crippen molar-refractivity contribution in [1.82, 2.24) is 9.97 Å². The number of hydrogen-bond donors (Lipinski definition) is 1. The average Bonchev–Trinajstić information content (AvgIpc) is 2.38. The SMILES string of the molecule is COc1cnc(NCC2CCOCC2)nc1. The van der Waals surface area contributed by atoms with Crippen LogP contribution >= 0.6 is 0 Å². The molecule has 5 heteroatoms. The summed E-state index contributed by atoms with van der Waals surface area (Å²) in [5, 5.41) is 3.23. The first kappa shape index (κ1) is 11.1. The first-order valence-electron chi connectivity index (χ1n) is 5.56. The lowest BCUT2D eigenvalue weighted by atomic mass is 10.0. The van der Waals surface area contributed by atoms with Gasteiger partial charge < -0.3 is 14.8 Å². The van der Waals surface area contributed by atoms with Gasteiger partial charge in [-0.2, -0.15) is 0 Å². The molecule has 88 valence electrons. The maximum Gasteiger partial charge on any atom is 0.222 e. The van der Waals surface area contributed by atoms with E-state index in [1.165, 1.54) is 0 Å². The van der Waals surface area contributed by atoms with Gasteiger partial charge in [0.2, 0.25) is 5.95 Å². The van der Waals surface area contributed by atoms with Crippen LogP contribution in [0.15, 0.2) is 12.4 Å². The summed E-state index contributed by atoms with van der Waals surface area (Å²) >= 11 is 0. The van der Waals surface area contributed by atoms with Crippen LogP contribution in [0.25, 0.3) is 0 Å². The van der Waals surface area contributed by atoms with Crippen LogP contribution in [0.2, 0.25) is 0 Å². The Labute approximate surface area is 95.2 Å². The van der Waals surface area contributed by atoms with Gasteiger partial charge in [-0.3, -0.25) is 0 Å². The maximum atomic E-state index is 5.31. The third kappa shape index (κ3) is 3.06. The molecule has 2 rings (SSSR count). The third-order valence-electron chi connectivity index (χ3n) is 2.75. The van der Waals surface area contributed by atoms with Gasteiger partial charge in [0.15, 0.2) is 5.75 Å². The van der Waals surface area contributed by atoms with E-state index in [9.17, 15) is 0 Å². The van der Waals surface area contributed by atoms with Crippen LogP contribution in [0.1, 0.15) is 12.8 Å². The zero-order chi connectivity index (χ0) is 11.2. The Balaban J connectivity index is 1.79. The average molecular weight is 223 g/mol. The van der Waals surface area contributed by atoms with E-state index < -0.39 is 0 Å². The van der Waals surface area contributed by atoms with Crippen molar-refractivity contribution in [3.63, 3.8) is 0 Å². The molecule has 1 fully saturated rings. The molecule has 0 radical (unpaired) electrons. The number of rotatable bonds is 4. The van der Waals surface area contributed by atoms with E-state index >= 15 is 0 Å². The summed E-state index contributed by atoms with van der Waals surface area (Å²) in [6, 6.07) is 0. The standard InChI is InChI=1S/C11H17N3O2/c1-15-10-7-13-11(14-8-10)12-6-9-2-4-16-5-3-9/h7-9H,2-6H2,1H3,(H,12,13,14). The first-order valence-corrected chi connectivity index (χ1v) is 5.56. The second-order valence-corrected chi connectivity index (χ2v) is 3.88. The van der Waals surface area contributed by atoms with Crippen molar-refractivity contribution < 1.29 is 9.47 Å². The molecule has 1 saturated heterocycles. The summed E-state index contributed by atoms with van der Waals surface area (Å²) in [7, 11) is 1.60. The minimum absolute atomic E-state index is 0.660. The highest BCUT2D eigenvalue weighted by atomic mass is 16.5. The Morgan fingerprint density at radius 3 is 2.69 bits per heavy atom. The highest BCUT2D eigenvalue weighted by Crippen LogP contribution is 2.15. The minimum Gasteiger partial charge on any atom is -0.494 e. The largest absolute Gasteiger partial charge is 0.494 e. The van der Waals surface area contributed by atoms with Gasteiger partial charge in [0.05, 0.1) is 19.5 Å². The van der Waals surface area contributed by atoms with Gasteiger partial charge >= 0.3 is 0 Å². The smallest absolute Gasteiger partial charge is 0.222 e. The van der Waals surface area contributed by atoms with Gasteiger partial charge in [0, 0.05) is 19.8 Å². The molecule has 1 N–H and O–H groups in total. The molecule has 1 aromatic rings. The summed E-state index contributed by atoms with van der Waals surface area (Å²) in [4.78, 5) is 8.31. The van der Waals surface area contributed by atoms with Gasteiger partial charge in [-0.25, -0.2) is 9.97 Å². The maximum absolute atomic E-state index is 5.31. The van der Waals surface area contributed by atoms with Crippen LogP contribution in [-0.4, -0.2) is 36.8 Å². The summed E-state index contributed by atoms with van der Waals surface area (Å²) < 4.78 is 10.3. The number of anilines is 1. The van der Waals surface area contributed by atoms with Gasteiger partial charge in [0.25, 0.3) is 0 Å². The predicted octanol–water partition coefficient (Wildman–Crippen LogP) is 1.32. The second-order valence-electron chi connectivity index (χ2n) is 3.88. The molecule has 2 heterocycles. The molecule has 16 heavy (non-hydrogen) atoms. The van der Waals surface area contributed by atoms with Crippen molar-refractivity contribution in [2.75, 3.05) is 32.2 Å². The number of ether oxygens (including phenoxy) is 2. The van der Waals surface area contributed by atoms with Crippen LogP contribution in [0.4, 0.5) is 5.95 Å². The Morgan fingerprint density at radius 1 is 1.38 bits per heavy atom. The fourth-order valence-corrected chi connectivity index (χ4v) is 1.70. The summed E-state index contributed by atoms with van der Waals surface area (Å²) in [5.41, 5.74) is 0. The molecular formula is C11H17N3O2. The molecular weight excluding hydrogens is 206 g/mol. The highest BCUT2D eigenvalue weighted by Gasteiger charge is 2.13. The van der Waals surface area contributed by atoms with E-state index in [0.29, 0.717) is 17.6 Å². The van der Waals surface area contributed by atoms with Gasteiger partial charge in [-0.05, 0) is 18.8 Å². The fraction of sp³-hybridized carbons (Fsp3) is 0.636. The molecule has 0 atom stereocenters. The summed E-state index contributed by atoms with van der Waals surface area (Å²) in [6.07, 6.45) is 5.56. The number of methoxy groups -OCH3 is 1. The molecule has 0 amide bonds. The molecule has 1 aromatic heterocycles. The van der Waals surface area contributed by atoms with Crippen molar-refractivity contribution in [2.45, 2.75) is 12.8 Å². The molecule has 0 saturated carbocycles. The molecule has 0 bridgehead atoms. The Morgan fingerprint density at radius 2 is 2.06 bits per heavy atom. The van der Waals surface area contributed by atoms with Crippen molar-refractivity contribution in [3.8, 4) is 5.75 Å². The second kappa shape index (κ2) is 5.65. The topological polar surface area (TPSA) is 56.3 Å². The number of aromatic nitrogens is 2. The summed E-state index contributed by atoms with van der Waals surface area (Å²) in [6.45, 7) is 2.65. The Bertz CT molecular complexity index is 310.